The van der Waals surface area contributed by atoms with Gasteiger partial charge in [0.25, 0.3) is 0 Å². The van der Waals surface area contributed by atoms with Crippen LogP contribution < -0.4 is 5.32 Å². The summed E-state index contributed by atoms with van der Waals surface area (Å²) >= 11 is 2.36. The fourth-order valence-corrected chi connectivity index (χ4v) is 2.91. The number of rotatable bonds is 3. The predicted octanol–water partition coefficient (Wildman–Crippen LogP) is 3.64. The van der Waals surface area contributed by atoms with Gasteiger partial charge in [0.05, 0.1) is 0 Å². The van der Waals surface area contributed by atoms with Crippen LogP contribution in [-0.2, 0) is 6.54 Å². The van der Waals surface area contributed by atoms with E-state index >= 15 is 0 Å². The Morgan fingerprint density at radius 2 is 1.84 bits per heavy atom. The van der Waals surface area contributed by atoms with E-state index in [0.29, 0.717) is 0 Å². The zero-order valence-electron chi connectivity index (χ0n) is 12.5. The molecule has 1 unspecified atom stereocenters. The molecule has 1 atom stereocenters. The Morgan fingerprint density at radius 1 is 1.21 bits per heavy atom. The lowest BCUT2D eigenvalue weighted by atomic mass is 9.88. The molecule has 1 aliphatic rings. The van der Waals surface area contributed by atoms with Crippen molar-refractivity contribution < 1.29 is 0 Å². The molecule has 1 N–H and O–H groups in total. The summed E-state index contributed by atoms with van der Waals surface area (Å²) in [6, 6.07) is 8.90. The molecule has 0 saturated carbocycles. The molecule has 3 heteroatoms. The number of benzene rings is 1. The maximum atomic E-state index is 3.72. The van der Waals surface area contributed by atoms with Crippen molar-refractivity contribution in [2.24, 2.45) is 0 Å². The summed E-state index contributed by atoms with van der Waals surface area (Å²) in [6.45, 7) is 12.5. The molecular weight excluding hydrogens is 347 g/mol. The average molecular weight is 372 g/mol. The van der Waals surface area contributed by atoms with E-state index in [1.54, 1.807) is 0 Å². The molecule has 0 aromatic heterocycles. The van der Waals surface area contributed by atoms with Crippen LogP contribution in [-0.4, -0.2) is 29.1 Å². The molecule has 19 heavy (non-hydrogen) atoms. The van der Waals surface area contributed by atoms with Gasteiger partial charge in [0, 0.05) is 34.3 Å². The van der Waals surface area contributed by atoms with E-state index in [2.05, 4.69) is 84.8 Å². The van der Waals surface area contributed by atoms with E-state index in [1.165, 1.54) is 15.6 Å². The van der Waals surface area contributed by atoms with Gasteiger partial charge in [-0.15, -0.1) is 0 Å². The standard InChI is InChI=1S/C16H25IN2/c1-5-16(4)12-19(15(2,3)11-18-16)10-13-6-8-14(17)9-7-13/h6-9,18H,5,10-12H2,1-4H3. The van der Waals surface area contributed by atoms with Crippen LogP contribution in [0.15, 0.2) is 24.3 Å². The molecule has 0 spiro atoms. The molecule has 0 amide bonds. The van der Waals surface area contributed by atoms with Crippen molar-refractivity contribution in [3.8, 4) is 0 Å². The maximum absolute atomic E-state index is 3.72. The van der Waals surface area contributed by atoms with Crippen LogP contribution in [0.2, 0.25) is 0 Å². The average Bonchev–Trinajstić information content (AvgIpc) is 2.37. The lowest BCUT2D eigenvalue weighted by molar-refractivity contribution is 0.0246. The van der Waals surface area contributed by atoms with Crippen molar-refractivity contribution in [1.82, 2.24) is 10.2 Å². The highest BCUT2D eigenvalue weighted by Gasteiger charge is 2.38. The van der Waals surface area contributed by atoms with Gasteiger partial charge >= 0.3 is 0 Å². The van der Waals surface area contributed by atoms with Crippen LogP contribution in [0.5, 0.6) is 0 Å². The summed E-state index contributed by atoms with van der Waals surface area (Å²) in [5, 5.41) is 3.72. The largest absolute Gasteiger partial charge is 0.308 e. The van der Waals surface area contributed by atoms with Crippen molar-refractivity contribution >= 4 is 22.6 Å². The number of nitrogens with one attached hydrogen (secondary N) is 1. The fraction of sp³-hybridized carbons (Fsp3) is 0.625. The number of hydrogen-bond donors (Lipinski definition) is 1. The summed E-state index contributed by atoms with van der Waals surface area (Å²) < 4.78 is 1.30. The van der Waals surface area contributed by atoms with Gasteiger partial charge in [-0.3, -0.25) is 4.90 Å². The third kappa shape index (κ3) is 3.70. The molecule has 2 nitrogen and oxygen atoms in total. The Hall–Kier alpha value is -0.130. The lowest BCUT2D eigenvalue weighted by Gasteiger charge is -2.50. The van der Waals surface area contributed by atoms with E-state index in [9.17, 15) is 0 Å². The second-order valence-electron chi connectivity index (χ2n) is 6.56. The van der Waals surface area contributed by atoms with Gasteiger partial charge in [0.15, 0.2) is 0 Å². The Balaban J connectivity index is 2.13. The molecule has 106 valence electrons. The first-order chi connectivity index (χ1) is 8.85. The van der Waals surface area contributed by atoms with Crippen LogP contribution in [0, 0.1) is 3.57 Å². The minimum Gasteiger partial charge on any atom is -0.308 e. The summed E-state index contributed by atoms with van der Waals surface area (Å²) in [6.07, 6.45) is 1.17. The smallest absolute Gasteiger partial charge is 0.0282 e. The van der Waals surface area contributed by atoms with E-state index < -0.39 is 0 Å². The number of nitrogens with zero attached hydrogens (tertiary/aromatic N) is 1. The van der Waals surface area contributed by atoms with Crippen molar-refractivity contribution in [3.05, 3.63) is 33.4 Å². The Bertz CT molecular complexity index is 427. The third-order valence-corrected chi connectivity index (χ3v) is 5.13. The zero-order valence-corrected chi connectivity index (χ0v) is 14.6. The van der Waals surface area contributed by atoms with Crippen LogP contribution in [0.25, 0.3) is 0 Å². The molecular formula is C16H25IN2. The molecule has 2 rings (SSSR count). The predicted molar refractivity (Wildman–Crippen MR) is 90.3 cm³/mol. The van der Waals surface area contributed by atoms with Gasteiger partial charge in [-0.2, -0.15) is 0 Å². The van der Waals surface area contributed by atoms with Crippen LogP contribution in [0.4, 0.5) is 0 Å². The number of halogens is 1. The summed E-state index contributed by atoms with van der Waals surface area (Å²) in [7, 11) is 0. The highest BCUT2D eigenvalue weighted by atomic mass is 127. The molecule has 1 fully saturated rings. The van der Waals surface area contributed by atoms with Crippen molar-refractivity contribution in [3.63, 3.8) is 0 Å². The quantitative estimate of drug-likeness (QED) is 0.815. The second-order valence-corrected chi connectivity index (χ2v) is 7.81. The second kappa shape index (κ2) is 5.70. The van der Waals surface area contributed by atoms with E-state index in [4.69, 9.17) is 0 Å². The molecule has 0 radical (unpaired) electrons. The first-order valence-corrected chi connectivity index (χ1v) is 8.17. The fourth-order valence-electron chi connectivity index (χ4n) is 2.55. The SMILES string of the molecule is CCC1(C)CN(Cc2ccc(I)cc2)C(C)(C)CN1. The summed E-state index contributed by atoms with van der Waals surface area (Å²) in [4.78, 5) is 2.62. The van der Waals surface area contributed by atoms with Crippen molar-refractivity contribution in [2.75, 3.05) is 13.1 Å². The van der Waals surface area contributed by atoms with Gasteiger partial charge in [-0.1, -0.05) is 19.1 Å². The summed E-state index contributed by atoms with van der Waals surface area (Å²) in [5.41, 5.74) is 1.88. The molecule has 1 aliphatic heterocycles. The van der Waals surface area contributed by atoms with E-state index in [0.717, 1.165) is 19.6 Å². The van der Waals surface area contributed by atoms with Crippen molar-refractivity contribution in [1.29, 1.82) is 0 Å². The van der Waals surface area contributed by atoms with E-state index in [-0.39, 0.29) is 11.1 Å². The summed E-state index contributed by atoms with van der Waals surface area (Å²) in [5.74, 6) is 0. The van der Waals surface area contributed by atoms with Crippen LogP contribution in [0.1, 0.15) is 39.7 Å². The minimum atomic E-state index is 0.220. The Labute approximate surface area is 131 Å². The van der Waals surface area contributed by atoms with Gasteiger partial charge in [-0.05, 0) is 67.5 Å². The molecule has 0 aliphatic carbocycles. The highest BCUT2D eigenvalue weighted by Crippen LogP contribution is 2.27. The highest BCUT2D eigenvalue weighted by molar-refractivity contribution is 14.1. The molecule has 1 heterocycles. The zero-order chi connectivity index (χ0) is 14.1. The van der Waals surface area contributed by atoms with Crippen molar-refractivity contribution in [2.45, 2.75) is 51.7 Å². The normalized spacial score (nSPS) is 27.4. The first-order valence-electron chi connectivity index (χ1n) is 7.09. The van der Waals surface area contributed by atoms with Gasteiger partial charge in [0.1, 0.15) is 0 Å². The monoisotopic (exact) mass is 372 g/mol. The van der Waals surface area contributed by atoms with Gasteiger partial charge < -0.3 is 5.32 Å². The maximum Gasteiger partial charge on any atom is 0.0282 e. The molecule has 0 bridgehead atoms. The molecule has 1 aromatic carbocycles. The van der Waals surface area contributed by atoms with E-state index in [1.807, 2.05) is 0 Å². The molecule has 1 saturated heterocycles. The number of piperazine rings is 1. The lowest BCUT2D eigenvalue weighted by Crippen LogP contribution is -2.66. The van der Waals surface area contributed by atoms with Gasteiger partial charge in [-0.25, -0.2) is 0 Å². The van der Waals surface area contributed by atoms with Crippen LogP contribution in [0.3, 0.4) is 0 Å². The van der Waals surface area contributed by atoms with Gasteiger partial charge in [0.2, 0.25) is 0 Å². The Morgan fingerprint density at radius 3 is 2.42 bits per heavy atom. The topological polar surface area (TPSA) is 15.3 Å². The third-order valence-electron chi connectivity index (χ3n) is 4.41. The van der Waals surface area contributed by atoms with Crippen LogP contribution >= 0.6 is 22.6 Å². The Kier molecular flexibility index (Phi) is 4.58. The first kappa shape index (κ1) is 15.3. The number of hydrogen-bond acceptors (Lipinski definition) is 2. The minimum absolute atomic E-state index is 0.220. The molecule has 1 aromatic rings.